The molecule has 3 aliphatic heterocycles. The Bertz CT molecular complexity index is 1770. The van der Waals surface area contributed by atoms with Crippen molar-refractivity contribution in [3.05, 3.63) is 53.2 Å². The molecule has 2 aromatic rings. The first-order chi connectivity index (χ1) is 26.1. The number of amides is 3. The molecule has 1 aliphatic carbocycles. The fourth-order valence-electron chi connectivity index (χ4n) is 8.75. The summed E-state index contributed by atoms with van der Waals surface area (Å²) in [7, 11) is 0. The second-order valence-corrected chi connectivity index (χ2v) is 16.1. The van der Waals surface area contributed by atoms with E-state index in [9.17, 15) is 32.8 Å². The van der Waals surface area contributed by atoms with Crippen molar-refractivity contribution in [3.63, 3.8) is 0 Å². The van der Waals surface area contributed by atoms with E-state index in [0.29, 0.717) is 44.0 Å². The van der Waals surface area contributed by atoms with Crippen molar-refractivity contribution in [1.29, 1.82) is 5.26 Å². The summed E-state index contributed by atoms with van der Waals surface area (Å²) < 4.78 is 53.6. The molecule has 55 heavy (non-hydrogen) atoms. The van der Waals surface area contributed by atoms with Crippen molar-refractivity contribution in [2.24, 2.45) is 0 Å². The molecular weight excluding hydrogens is 736 g/mol. The SMILES string of the molecule is C[C@@H]1CN(CCOC2CCC(N3C(S)N(c4ccc(C#N)c(C(F)(F)F)c4)C(=O)C3(C)C)CC2)C[C@H](C)N1CCOc1cc(C2CCC(=O)NC2=O)ccn1. The zero-order valence-corrected chi connectivity index (χ0v) is 32.6. The van der Waals surface area contributed by atoms with Crippen molar-refractivity contribution in [2.45, 2.75) is 114 Å². The molecule has 0 radical (unpaired) electrons. The molecule has 1 saturated carbocycles. The maximum Gasteiger partial charge on any atom is 0.417 e. The van der Waals surface area contributed by atoms with Crippen LogP contribution in [0.25, 0.3) is 0 Å². The van der Waals surface area contributed by atoms with E-state index >= 15 is 0 Å². The van der Waals surface area contributed by atoms with E-state index < -0.39 is 28.3 Å². The summed E-state index contributed by atoms with van der Waals surface area (Å²) in [6.07, 6.45) is 0.887. The van der Waals surface area contributed by atoms with Gasteiger partial charge in [-0.05, 0) is 89.6 Å². The molecule has 4 atom stereocenters. The number of benzene rings is 1. The van der Waals surface area contributed by atoms with E-state index in [0.717, 1.165) is 69.6 Å². The van der Waals surface area contributed by atoms with Gasteiger partial charge in [0, 0.05) is 68.7 Å². The standard InChI is InChI=1S/C39H50F3N7O5S/c1-24-22-46(23-25(2)47(24)16-18-54-34-19-26(13-14-44-34)31-11-12-33(50)45-35(31)51)15-17-53-30-9-7-28(8-10-30)49-37(55)48(36(52)38(49,3)4)29-6-5-27(21-43)32(20-29)39(40,41)42/h5-6,13-14,19-20,24-25,28,30-31,37,55H,7-12,15-18,22-23H2,1-4H3,(H,45,50,51)/t24-,25+,28?,30?,31?,37?. The third-order valence-electron chi connectivity index (χ3n) is 11.5. The lowest BCUT2D eigenvalue weighted by Crippen LogP contribution is -2.58. The number of nitrogens with one attached hydrogen (secondary N) is 1. The Morgan fingerprint density at radius 2 is 1.71 bits per heavy atom. The highest BCUT2D eigenvalue weighted by molar-refractivity contribution is 7.81. The Morgan fingerprint density at radius 1 is 1.00 bits per heavy atom. The van der Waals surface area contributed by atoms with E-state index in [1.165, 1.54) is 11.0 Å². The highest BCUT2D eigenvalue weighted by Crippen LogP contribution is 2.43. The van der Waals surface area contributed by atoms with Crippen molar-refractivity contribution < 1.29 is 37.0 Å². The van der Waals surface area contributed by atoms with Gasteiger partial charge in [0.25, 0.3) is 0 Å². The number of anilines is 1. The lowest BCUT2D eigenvalue weighted by atomic mass is 9.89. The Labute approximate surface area is 325 Å². The van der Waals surface area contributed by atoms with Gasteiger partial charge in [-0.2, -0.15) is 18.4 Å². The van der Waals surface area contributed by atoms with Crippen LogP contribution in [0.5, 0.6) is 5.88 Å². The van der Waals surface area contributed by atoms with Crippen LogP contribution >= 0.6 is 12.6 Å². The van der Waals surface area contributed by atoms with Crippen molar-refractivity contribution in [3.8, 4) is 11.9 Å². The molecule has 298 valence electrons. The van der Waals surface area contributed by atoms with Gasteiger partial charge < -0.3 is 9.47 Å². The van der Waals surface area contributed by atoms with Crippen LogP contribution in [-0.4, -0.2) is 112 Å². The lowest BCUT2D eigenvalue weighted by molar-refractivity contribution is -0.138. The molecule has 4 aliphatic rings. The van der Waals surface area contributed by atoms with Crippen LogP contribution in [0.1, 0.15) is 88.8 Å². The summed E-state index contributed by atoms with van der Waals surface area (Å²) in [5.41, 5.74) is -2.46. The summed E-state index contributed by atoms with van der Waals surface area (Å²) in [4.78, 5) is 50.0. The number of pyridine rings is 1. The van der Waals surface area contributed by atoms with Crippen LogP contribution in [0.4, 0.5) is 18.9 Å². The maximum absolute atomic E-state index is 13.7. The predicted octanol–water partition coefficient (Wildman–Crippen LogP) is 4.93. The highest BCUT2D eigenvalue weighted by atomic mass is 32.1. The number of piperidine rings is 1. The smallest absolute Gasteiger partial charge is 0.417 e. The van der Waals surface area contributed by atoms with Crippen LogP contribution in [-0.2, 0) is 25.3 Å². The van der Waals surface area contributed by atoms with Gasteiger partial charge in [-0.1, -0.05) is 0 Å². The van der Waals surface area contributed by atoms with E-state index in [-0.39, 0.29) is 41.5 Å². The summed E-state index contributed by atoms with van der Waals surface area (Å²) in [6.45, 7) is 12.4. The van der Waals surface area contributed by atoms with Gasteiger partial charge in [-0.25, -0.2) is 4.98 Å². The predicted molar refractivity (Wildman–Crippen MR) is 201 cm³/mol. The number of alkyl halides is 3. The zero-order chi connectivity index (χ0) is 39.7. The van der Waals surface area contributed by atoms with Gasteiger partial charge in [0.2, 0.25) is 23.6 Å². The van der Waals surface area contributed by atoms with Gasteiger partial charge in [-0.3, -0.25) is 39.3 Å². The number of halogens is 3. The molecule has 6 rings (SSSR count). The van der Waals surface area contributed by atoms with Gasteiger partial charge in [0.05, 0.1) is 41.4 Å². The van der Waals surface area contributed by atoms with Crippen molar-refractivity contribution >= 4 is 36.0 Å². The maximum atomic E-state index is 13.7. The summed E-state index contributed by atoms with van der Waals surface area (Å²) in [6, 6.07) is 9.12. The van der Waals surface area contributed by atoms with E-state index in [1.807, 2.05) is 4.90 Å². The average Bonchev–Trinajstić information content (AvgIpc) is 3.31. The Balaban J connectivity index is 0.938. The van der Waals surface area contributed by atoms with Crippen LogP contribution in [0.3, 0.4) is 0 Å². The molecule has 16 heteroatoms. The minimum Gasteiger partial charge on any atom is -0.476 e. The Kier molecular flexibility index (Phi) is 12.5. The number of nitriles is 1. The summed E-state index contributed by atoms with van der Waals surface area (Å²) in [5.74, 6) is -0.793. The molecule has 2 unspecified atom stereocenters. The molecule has 4 heterocycles. The van der Waals surface area contributed by atoms with Crippen LogP contribution in [0.15, 0.2) is 36.5 Å². The molecule has 3 saturated heterocycles. The number of nitrogens with zero attached hydrogens (tertiary/aromatic N) is 6. The minimum atomic E-state index is -4.74. The third kappa shape index (κ3) is 8.96. The number of hydrogen-bond donors (Lipinski definition) is 2. The molecular formula is C39H50F3N7O5S. The number of rotatable bonds is 11. The fourth-order valence-corrected chi connectivity index (χ4v) is 9.46. The second-order valence-electron chi connectivity index (χ2n) is 15.6. The molecule has 0 bridgehead atoms. The lowest BCUT2D eigenvalue weighted by Gasteiger charge is -2.44. The Hall–Kier alpha value is -3.75. The van der Waals surface area contributed by atoms with E-state index in [4.69, 9.17) is 22.1 Å². The van der Waals surface area contributed by atoms with Gasteiger partial charge in [0.1, 0.15) is 12.1 Å². The van der Waals surface area contributed by atoms with Gasteiger partial charge in [0.15, 0.2) is 0 Å². The minimum absolute atomic E-state index is 0.00409. The molecule has 1 N–H and O–H groups in total. The molecule has 1 aromatic carbocycles. The molecule has 0 spiro atoms. The number of thiol groups is 1. The number of hydrogen-bond acceptors (Lipinski definition) is 11. The number of piperazine rings is 1. The first kappa shape index (κ1) is 40.9. The molecule has 3 amide bonds. The van der Waals surface area contributed by atoms with Gasteiger partial charge >= 0.3 is 6.18 Å². The second kappa shape index (κ2) is 16.8. The Morgan fingerprint density at radius 3 is 2.36 bits per heavy atom. The van der Waals surface area contributed by atoms with E-state index in [1.54, 1.807) is 38.2 Å². The summed E-state index contributed by atoms with van der Waals surface area (Å²) in [5, 5.41) is 11.6. The highest BCUT2D eigenvalue weighted by Gasteiger charge is 2.54. The molecule has 12 nitrogen and oxygen atoms in total. The van der Waals surface area contributed by atoms with Gasteiger partial charge in [-0.15, -0.1) is 12.6 Å². The normalized spacial score (nSPS) is 28.3. The number of ether oxygens (including phenoxy) is 2. The topological polar surface area (TPSA) is 131 Å². The van der Waals surface area contributed by atoms with Crippen LogP contribution < -0.4 is 15.0 Å². The van der Waals surface area contributed by atoms with Crippen molar-refractivity contribution in [1.82, 2.24) is 25.0 Å². The van der Waals surface area contributed by atoms with Crippen LogP contribution in [0.2, 0.25) is 0 Å². The number of carbonyl (C=O) groups excluding carboxylic acids is 3. The third-order valence-corrected chi connectivity index (χ3v) is 12.0. The quantitative estimate of drug-likeness (QED) is 0.239. The monoisotopic (exact) mass is 785 g/mol. The molecule has 1 aromatic heterocycles. The zero-order valence-electron chi connectivity index (χ0n) is 31.7. The number of carbonyl (C=O) groups is 3. The van der Waals surface area contributed by atoms with Crippen LogP contribution in [0, 0.1) is 11.3 Å². The number of imide groups is 1. The van der Waals surface area contributed by atoms with Crippen molar-refractivity contribution in [2.75, 3.05) is 44.3 Å². The largest absolute Gasteiger partial charge is 0.476 e. The fraction of sp³-hybridized carbons (Fsp3) is 0.615. The van der Waals surface area contributed by atoms with E-state index in [2.05, 4.69) is 33.9 Å². The first-order valence-corrected chi connectivity index (χ1v) is 19.5. The first-order valence-electron chi connectivity index (χ1n) is 19.0. The average molecular weight is 786 g/mol. The number of aromatic nitrogens is 1. The molecule has 4 fully saturated rings. The summed E-state index contributed by atoms with van der Waals surface area (Å²) >= 11 is 4.77.